The first-order valence-corrected chi connectivity index (χ1v) is 9.32. The number of aryl methyl sites for hydroxylation is 1. The summed E-state index contributed by atoms with van der Waals surface area (Å²) in [5.41, 5.74) is 1.77. The van der Waals surface area contributed by atoms with Crippen molar-refractivity contribution in [2.24, 2.45) is 5.92 Å². The number of carbonyl (C=O) groups excluding carboxylic acids is 1. The first-order valence-electron chi connectivity index (χ1n) is 8.94. The van der Waals surface area contributed by atoms with Crippen LogP contribution >= 0.6 is 11.6 Å². The maximum Gasteiger partial charge on any atom is 0.225 e. The van der Waals surface area contributed by atoms with Gasteiger partial charge in [0.25, 0.3) is 0 Å². The molecule has 0 unspecified atom stereocenters. The number of benzene rings is 1. The van der Waals surface area contributed by atoms with E-state index in [1.54, 1.807) is 0 Å². The van der Waals surface area contributed by atoms with E-state index in [-0.39, 0.29) is 5.91 Å². The van der Waals surface area contributed by atoms with Crippen LogP contribution in [-0.4, -0.2) is 29.9 Å². The molecule has 0 aromatic heterocycles. The van der Waals surface area contributed by atoms with Crippen LogP contribution in [0, 0.1) is 12.8 Å². The van der Waals surface area contributed by atoms with Crippen molar-refractivity contribution in [3.05, 3.63) is 28.8 Å². The van der Waals surface area contributed by atoms with Crippen LogP contribution in [0.25, 0.3) is 0 Å². The Morgan fingerprint density at radius 3 is 2.87 bits per heavy atom. The van der Waals surface area contributed by atoms with E-state index in [0.29, 0.717) is 17.5 Å². The predicted octanol–water partition coefficient (Wildman–Crippen LogP) is 4.63. The Labute approximate surface area is 144 Å². The van der Waals surface area contributed by atoms with E-state index < -0.39 is 0 Å². The summed E-state index contributed by atoms with van der Waals surface area (Å²) in [6, 6.07) is 6.41. The number of nitrogens with one attached hydrogen (secondary N) is 1. The summed E-state index contributed by atoms with van der Waals surface area (Å²) in [5.74, 6) is 0.936. The molecule has 0 radical (unpaired) electrons. The van der Waals surface area contributed by atoms with Gasteiger partial charge < -0.3 is 5.32 Å². The van der Waals surface area contributed by atoms with E-state index in [1.807, 2.05) is 25.1 Å². The second-order valence-corrected chi connectivity index (χ2v) is 7.43. The minimum Gasteiger partial charge on any atom is -0.325 e. The van der Waals surface area contributed by atoms with Crippen molar-refractivity contribution in [3.8, 4) is 0 Å². The summed E-state index contributed by atoms with van der Waals surface area (Å²) >= 11 is 6.19. The Hall–Kier alpha value is -1.06. The van der Waals surface area contributed by atoms with Gasteiger partial charge in [-0.05, 0) is 56.7 Å². The van der Waals surface area contributed by atoms with E-state index >= 15 is 0 Å². The number of anilines is 1. The Morgan fingerprint density at radius 2 is 2.04 bits per heavy atom. The van der Waals surface area contributed by atoms with Crippen LogP contribution in [0.3, 0.4) is 0 Å². The van der Waals surface area contributed by atoms with Gasteiger partial charge in [-0.15, -0.1) is 0 Å². The highest BCUT2D eigenvalue weighted by Gasteiger charge is 2.32. The van der Waals surface area contributed by atoms with Crippen LogP contribution in [0.1, 0.15) is 50.5 Å². The number of fused-ring (bicyclic) bond motifs is 1. The Bertz CT molecular complexity index is 538. The lowest BCUT2D eigenvalue weighted by atomic mass is 9.78. The molecule has 0 bridgehead atoms. The molecule has 0 spiro atoms. The van der Waals surface area contributed by atoms with Crippen molar-refractivity contribution in [2.75, 3.05) is 18.4 Å². The van der Waals surface area contributed by atoms with Crippen molar-refractivity contribution in [1.82, 2.24) is 4.90 Å². The lowest BCUT2D eigenvalue weighted by Gasteiger charge is -2.44. The van der Waals surface area contributed by atoms with Crippen molar-refractivity contribution >= 4 is 23.2 Å². The van der Waals surface area contributed by atoms with E-state index in [2.05, 4.69) is 10.2 Å². The molecule has 126 valence electrons. The van der Waals surface area contributed by atoms with Crippen molar-refractivity contribution in [2.45, 2.75) is 57.9 Å². The highest BCUT2D eigenvalue weighted by Crippen LogP contribution is 2.35. The first kappa shape index (κ1) is 16.8. The molecule has 2 aliphatic rings. The largest absolute Gasteiger partial charge is 0.325 e. The normalized spacial score (nSPS) is 25.0. The maximum absolute atomic E-state index is 12.3. The van der Waals surface area contributed by atoms with Crippen LogP contribution < -0.4 is 5.32 Å². The Kier molecular flexibility index (Phi) is 5.60. The third-order valence-corrected chi connectivity index (χ3v) is 5.79. The molecule has 2 atom stereocenters. The second kappa shape index (κ2) is 7.67. The minimum atomic E-state index is 0.0686. The molecule has 1 N–H and O–H groups in total. The van der Waals surface area contributed by atoms with E-state index in [9.17, 15) is 4.79 Å². The summed E-state index contributed by atoms with van der Waals surface area (Å²) in [4.78, 5) is 14.9. The number of hydrogen-bond donors (Lipinski definition) is 1. The molecule has 1 saturated carbocycles. The van der Waals surface area contributed by atoms with Crippen LogP contribution in [0.4, 0.5) is 5.69 Å². The zero-order valence-corrected chi connectivity index (χ0v) is 14.7. The molecular weight excluding hydrogens is 308 g/mol. The molecule has 4 heteroatoms. The average molecular weight is 335 g/mol. The molecule has 2 fully saturated rings. The number of likely N-dealkylation sites (tertiary alicyclic amines) is 1. The Balaban J connectivity index is 1.54. The quantitative estimate of drug-likeness (QED) is 0.870. The number of hydrogen-bond acceptors (Lipinski definition) is 2. The third-order valence-electron chi connectivity index (χ3n) is 5.47. The zero-order chi connectivity index (χ0) is 16.2. The SMILES string of the molecule is Cc1cccc(Cl)c1NC(=O)CCN1CCC[C@H]2CCCC[C@H]21. The lowest BCUT2D eigenvalue weighted by molar-refractivity contribution is -0.116. The van der Waals surface area contributed by atoms with Gasteiger partial charge in [-0.25, -0.2) is 0 Å². The molecule has 1 amide bonds. The molecule has 3 rings (SSSR count). The average Bonchev–Trinajstić information content (AvgIpc) is 2.56. The first-order chi connectivity index (χ1) is 11.1. The fraction of sp³-hybridized carbons (Fsp3) is 0.632. The summed E-state index contributed by atoms with van der Waals surface area (Å²) < 4.78 is 0. The standard InChI is InChI=1S/C19H27ClN2O/c1-14-6-4-9-16(20)19(14)21-18(23)11-13-22-12-5-8-15-7-2-3-10-17(15)22/h4,6,9,15,17H,2-3,5,7-8,10-13H2,1H3,(H,21,23)/t15-,17-/m1/s1. The number of piperidine rings is 1. The van der Waals surface area contributed by atoms with Crippen LogP contribution in [0.15, 0.2) is 18.2 Å². The molecule has 1 aliphatic heterocycles. The molecule has 1 saturated heterocycles. The predicted molar refractivity (Wildman–Crippen MR) is 96.0 cm³/mol. The van der Waals surface area contributed by atoms with Gasteiger partial charge in [0.1, 0.15) is 0 Å². The van der Waals surface area contributed by atoms with Gasteiger partial charge in [-0.3, -0.25) is 9.69 Å². The lowest BCUT2D eigenvalue weighted by Crippen LogP contribution is -2.47. The summed E-state index contributed by atoms with van der Waals surface area (Å²) in [6.07, 6.45) is 8.65. The zero-order valence-electron chi connectivity index (χ0n) is 14.0. The van der Waals surface area contributed by atoms with Gasteiger partial charge in [0.15, 0.2) is 0 Å². The number of halogens is 1. The van der Waals surface area contributed by atoms with E-state index in [0.717, 1.165) is 30.3 Å². The van der Waals surface area contributed by atoms with E-state index in [4.69, 9.17) is 11.6 Å². The van der Waals surface area contributed by atoms with E-state index in [1.165, 1.54) is 38.5 Å². The van der Waals surface area contributed by atoms with Gasteiger partial charge in [0.2, 0.25) is 5.91 Å². The van der Waals surface area contributed by atoms with Gasteiger partial charge in [0, 0.05) is 19.0 Å². The van der Waals surface area contributed by atoms with Crippen molar-refractivity contribution < 1.29 is 4.79 Å². The molecule has 1 heterocycles. The minimum absolute atomic E-state index is 0.0686. The highest BCUT2D eigenvalue weighted by atomic mass is 35.5. The van der Waals surface area contributed by atoms with Gasteiger partial charge in [0.05, 0.1) is 10.7 Å². The third kappa shape index (κ3) is 4.07. The fourth-order valence-corrected chi connectivity index (χ4v) is 4.51. The topological polar surface area (TPSA) is 32.3 Å². The van der Waals surface area contributed by atoms with Gasteiger partial charge in [-0.1, -0.05) is 36.6 Å². The molecular formula is C19H27ClN2O. The fourth-order valence-electron chi connectivity index (χ4n) is 4.24. The van der Waals surface area contributed by atoms with Crippen LogP contribution in [-0.2, 0) is 4.79 Å². The van der Waals surface area contributed by atoms with Crippen LogP contribution in [0.2, 0.25) is 5.02 Å². The smallest absolute Gasteiger partial charge is 0.225 e. The highest BCUT2D eigenvalue weighted by molar-refractivity contribution is 6.33. The monoisotopic (exact) mass is 334 g/mol. The number of rotatable bonds is 4. The second-order valence-electron chi connectivity index (χ2n) is 7.02. The maximum atomic E-state index is 12.3. The Morgan fingerprint density at radius 1 is 1.26 bits per heavy atom. The van der Waals surface area contributed by atoms with Crippen molar-refractivity contribution in [3.63, 3.8) is 0 Å². The summed E-state index contributed by atoms with van der Waals surface area (Å²) in [7, 11) is 0. The molecule has 1 aromatic carbocycles. The molecule has 23 heavy (non-hydrogen) atoms. The number of amides is 1. The summed E-state index contributed by atoms with van der Waals surface area (Å²) in [6.45, 7) is 3.99. The number of nitrogens with zero attached hydrogens (tertiary/aromatic N) is 1. The molecule has 1 aromatic rings. The number of para-hydroxylation sites is 1. The molecule has 3 nitrogen and oxygen atoms in total. The van der Waals surface area contributed by atoms with Crippen molar-refractivity contribution in [1.29, 1.82) is 0 Å². The molecule has 1 aliphatic carbocycles. The van der Waals surface area contributed by atoms with Gasteiger partial charge in [-0.2, -0.15) is 0 Å². The summed E-state index contributed by atoms with van der Waals surface area (Å²) in [5, 5.41) is 3.61. The number of carbonyl (C=O) groups is 1. The van der Waals surface area contributed by atoms with Gasteiger partial charge >= 0.3 is 0 Å². The van der Waals surface area contributed by atoms with Crippen LogP contribution in [0.5, 0.6) is 0 Å².